The molecule has 2 heterocycles. The van der Waals surface area contributed by atoms with E-state index in [4.69, 9.17) is 14.2 Å². The zero-order chi connectivity index (χ0) is 13.1. The predicted molar refractivity (Wildman–Crippen MR) is 63.0 cm³/mol. The molecule has 0 saturated heterocycles. The molecule has 1 aliphatic heterocycles. The molecule has 1 atom stereocenters. The van der Waals surface area contributed by atoms with E-state index in [0.717, 1.165) is 12.8 Å². The Bertz CT molecular complexity index is 462. The Hall–Kier alpha value is -1.85. The first-order valence-electron chi connectivity index (χ1n) is 5.89. The molecule has 1 aromatic heterocycles. The van der Waals surface area contributed by atoms with Gasteiger partial charge in [0, 0.05) is 6.42 Å². The fourth-order valence-electron chi connectivity index (χ4n) is 2.00. The Labute approximate surface area is 105 Å². The van der Waals surface area contributed by atoms with E-state index < -0.39 is 5.97 Å². The molecule has 0 N–H and O–H groups in total. The molecule has 0 fully saturated rings. The number of carbonyl (C=O) groups is 1. The fourth-order valence-corrected chi connectivity index (χ4v) is 2.00. The van der Waals surface area contributed by atoms with Crippen LogP contribution in [0, 0.1) is 0 Å². The van der Waals surface area contributed by atoms with E-state index in [0.29, 0.717) is 17.7 Å². The average Bonchev–Trinajstić information content (AvgIpc) is 2.37. The maximum Gasteiger partial charge on any atom is 0.345 e. The van der Waals surface area contributed by atoms with Crippen molar-refractivity contribution in [3.05, 3.63) is 11.3 Å². The number of esters is 1. The number of cyclic esters (lactones) is 1. The molecule has 1 unspecified atom stereocenters. The number of hydrogen-bond donors (Lipinski definition) is 0. The van der Waals surface area contributed by atoms with Crippen LogP contribution in [0.3, 0.4) is 0 Å². The lowest BCUT2D eigenvalue weighted by atomic mass is 10.0. The van der Waals surface area contributed by atoms with Gasteiger partial charge in [0.15, 0.2) is 0 Å². The van der Waals surface area contributed by atoms with Crippen LogP contribution in [0.2, 0.25) is 0 Å². The number of methoxy groups -OCH3 is 2. The van der Waals surface area contributed by atoms with E-state index in [1.54, 1.807) is 0 Å². The second kappa shape index (κ2) is 5.20. The molecule has 18 heavy (non-hydrogen) atoms. The summed E-state index contributed by atoms with van der Waals surface area (Å²) in [4.78, 5) is 20.1. The smallest absolute Gasteiger partial charge is 0.345 e. The summed E-state index contributed by atoms with van der Waals surface area (Å²) in [5, 5.41) is 0. The first-order valence-corrected chi connectivity index (χ1v) is 5.89. The third-order valence-corrected chi connectivity index (χ3v) is 2.82. The highest BCUT2D eigenvalue weighted by Gasteiger charge is 2.32. The van der Waals surface area contributed by atoms with Gasteiger partial charge in [-0.25, -0.2) is 4.79 Å². The highest BCUT2D eigenvalue weighted by Crippen LogP contribution is 2.29. The Morgan fingerprint density at radius 3 is 2.72 bits per heavy atom. The van der Waals surface area contributed by atoms with Crippen molar-refractivity contribution >= 4 is 5.97 Å². The molecule has 0 aromatic carbocycles. The summed E-state index contributed by atoms with van der Waals surface area (Å²) in [6.45, 7) is 2.05. The van der Waals surface area contributed by atoms with E-state index in [-0.39, 0.29) is 18.0 Å². The van der Waals surface area contributed by atoms with E-state index in [2.05, 4.69) is 9.97 Å². The molecule has 1 aliphatic rings. The van der Waals surface area contributed by atoms with Crippen LogP contribution in [0.25, 0.3) is 0 Å². The molecule has 6 nitrogen and oxygen atoms in total. The van der Waals surface area contributed by atoms with E-state index >= 15 is 0 Å². The van der Waals surface area contributed by atoms with E-state index in [1.807, 2.05) is 6.92 Å². The molecule has 1 aromatic rings. The van der Waals surface area contributed by atoms with Gasteiger partial charge >= 0.3 is 12.0 Å². The highest BCUT2D eigenvalue weighted by molar-refractivity contribution is 5.94. The van der Waals surface area contributed by atoms with Crippen LogP contribution in [0.1, 0.15) is 35.8 Å². The monoisotopic (exact) mass is 252 g/mol. The van der Waals surface area contributed by atoms with Crippen molar-refractivity contribution in [2.75, 3.05) is 14.2 Å². The van der Waals surface area contributed by atoms with Gasteiger partial charge in [0.25, 0.3) is 0 Å². The van der Waals surface area contributed by atoms with E-state index in [9.17, 15) is 4.79 Å². The number of fused-ring (bicyclic) bond motifs is 1. The van der Waals surface area contributed by atoms with Gasteiger partial charge in [-0.05, 0) is 6.42 Å². The second-order valence-corrected chi connectivity index (χ2v) is 4.06. The largest absolute Gasteiger partial charge is 0.480 e. The van der Waals surface area contributed by atoms with E-state index in [1.165, 1.54) is 14.2 Å². The van der Waals surface area contributed by atoms with Crippen LogP contribution in [0.15, 0.2) is 0 Å². The summed E-state index contributed by atoms with van der Waals surface area (Å²) in [5.41, 5.74) is 0.944. The van der Waals surface area contributed by atoms with Crippen LogP contribution < -0.4 is 9.47 Å². The van der Waals surface area contributed by atoms with Crippen molar-refractivity contribution in [3.63, 3.8) is 0 Å². The van der Waals surface area contributed by atoms with Crippen molar-refractivity contribution in [3.8, 4) is 11.9 Å². The SMILES string of the molecule is CCCC1Cc2nc(OC)nc(OC)c2C(=O)O1. The summed E-state index contributed by atoms with van der Waals surface area (Å²) < 4.78 is 15.4. The van der Waals surface area contributed by atoms with Gasteiger partial charge in [-0.2, -0.15) is 9.97 Å². The number of hydrogen-bond acceptors (Lipinski definition) is 6. The molecule has 0 spiro atoms. The zero-order valence-corrected chi connectivity index (χ0v) is 10.7. The van der Waals surface area contributed by atoms with Crippen LogP contribution >= 0.6 is 0 Å². The molecule has 0 saturated carbocycles. The van der Waals surface area contributed by atoms with Crippen LogP contribution in [0.5, 0.6) is 11.9 Å². The summed E-state index contributed by atoms with van der Waals surface area (Å²) in [6, 6.07) is 0.204. The van der Waals surface area contributed by atoms with Crippen LogP contribution in [0.4, 0.5) is 0 Å². The lowest BCUT2D eigenvalue weighted by Gasteiger charge is -2.24. The first-order chi connectivity index (χ1) is 8.69. The summed E-state index contributed by atoms with van der Waals surface area (Å²) >= 11 is 0. The zero-order valence-electron chi connectivity index (χ0n) is 10.7. The third-order valence-electron chi connectivity index (χ3n) is 2.82. The van der Waals surface area contributed by atoms with Crippen molar-refractivity contribution in [2.24, 2.45) is 0 Å². The molecule has 98 valence electrons. The van der Waals surface area contributed by atoms with Crippen molar-refractivity contribution in [1.29, 1.82) is 0 Å². The molecular weight excluding hydrogens is 236 g/mol. The van der Waals surface area contributed by atoms with Gasteiger partial charge in [-0.15, -0.1) is 0 Å². The molecule has 6 heteroatoms. The normalized spacial score (nSPS) is 17.9. The van der Waals surface area contributed by atoms with Crippen molar-refractivity contribution < 1.29 is 19.0 Å². The average molecular weight is 252 g/mol. The minimum Gasteiger partial charge on any atom is -0.480 e. The lowest BCUT2D eigenvalue weighted by Crippen LogP contribution is -2.29. The minimum absolute atomic E-state index is 0.126. The lowest BCUT2D eigenvalue weighted by molar-refractivity contribution is 0.0224. The van der Waals surface area contributed by atoms with Crippen LogP contribution in [-0.2, 0) is 11.2 Å². The Morgan fingerprint density at radius 2 is 2.11 bits per heavy atom. The predicted octanol–water partition coefficient (Wildman–Crippen LogP) is 1.38. The van der Waals surface area contributed by atoms with Crippen molar-refractivity contribution in [2.45, 2.75) is 32.3 Å². The van der Waals surface area contributed by atoms with Gasteiger partial charge in [0.2, 0.25) is 5.88 Å². The maximum absolute atomic E-state index is 11.9. The third kappa shape index (κ3) is 2.23. The molecule has 0 bridgehead atoms. The summed E-state index contributed by atoms with van der Waals surface area (Å²) in [7, 11) is 2.93. The minimum atomic E-state index is -0.422. The Morgan fingerprint density at radius 1 is 1.33 bits per heavy atom. The number of carbonyl (C=O) groups excluding carboxylic acids is 1. The number of rotatable bonds is 4. The molecule has 0 radical (unpaired) electrons. The molecular formula is C12H16N2O4. The fraction of sp³-hybridized carbons (Fsp3) is 0.583. The molecule has 2 rings (SSSR count). The van der Waals surface area contributed by atoms with Gasteiger partial charge in [0.05, 0.1) is 19.9 Å². The topological polar surface area (TPSA) is 70.5 Å². The van der Waals surface area contributed by atoms with Gasteiger partial charge < -0.3 is 14.2 Å². The number of aromatic nitrogens is 2. The Kier molecular flexibility index (Phi) is 3.64. The summed E-state index contributed by atoms with van der Waals surface area (Å²) in [6.07, 6.45) is 2.22. The van der Waals surface area contributed by atoms with Crippen LogP contribution in [-0.4, -0.2) is 36.3 Å². The Balaban J connectivity index is 2.41. The summed E-state index contributed by atoms with van der Waals surface area (Å²) in [5.74, 6) is -0.217. The maximum atomic E-state index is 11.9. The second-order valence-electron chi connectivity index (χ2n) is 4.06. The quantitative estimate of drug-likeness (QED) is 0.754. The van der Waals surface area contributed by atoms with Gasteiger partial charge in [-0.1, -0.05) is 13.3 Å². The molecule has 0 aliphatic carbocycles. The highest BCUT2D eigenvalue weighted by atomic mass is 16.5. The first kappa shape index (κ1) is 12.6. The molecule has 0 amide bonds. The van der Waals surface area contributed by atoms with Crippen molar-refractivity contribution in [1.82, 2.24) is 9.97 Å². The standard InChI is InChI=1S/C12H16N2O4/c1-4-5-7-6-8-9(11(15)18-7)10(16-2)14-12(13-8)17-3/h7H,4-6H2,1-3H3. The van der Waals surface area contributed by atoms with Gasteiger partial charge in [-0.3, -0.25) is 0 Å². The van der Waals surface area contributed by atoms with Gasteiger partial charge in [0.1, 0.15) is 11.7 Å². The number of nitrogens with zero attached hydrogens (tertiary/aromatic N) is 2. The number of ether oxygens (including phenoxy) is 3.